The molecule has 97 heavy (non-hydrogen) atoms. The molecular formula is C84H92S13. The second kappa shape index (κ2) is 34.4. The number of thiophene rings is 13. The summed E-state index contributed by atoms with van der Waals surface area (Å²) in [5.74, 6) is 0. The molecular weight excluding hydrogens is 1430 g/mol. The molecule has 0 aliphatic heterocycles. The van der Waals surface area contributed by atoms with Crippen molar-refractivity contribution in [3.05, 3.63) is 164 Å². The lowest BCUT2D eigenvalue weighted by Crippen LogP contribution is -1.84. The van der Waals surface area contributed by atoms with Crippen molar-refractivity contribution in [2.45, 2.75) is 209 Å². The van der Waals surface area contributed by atoms with Gasteiger partial charge >= 0.3 is 0 Å². The van der Waals surface area contributed by atoms with Gasteiger partial charge in [-0.05, 0) is 267 Å². The maximum absolute atomic E-state index is 2.60. The number of hydrogen-bond donors (Lipinski definition) is 0. The highest BCUT2D eigenvalue weighted by atomic mass is 32.2. The van der Waals surface area contributed by atoms with Crippen LogP contribution in [0.1, 0.15) is 203 Å². The van der Waals surface area contributed by atoms with Gasteiger partial charge in [0.15, 0.2) is 0 Å². The van der Waals surface area contributed by atoms with Crippen LogP contribution in [-0.4, -0.2) is 0 Å². The molecule has 0 aliphatic rings. The summed E-state index contributed by atoms with van der Waals surface area (Å²) in [7, 11) is 0. The molecule has 13 heterocycles. The van der Waals surface area contributed by atoms with Crippen LogP contribution in [0, 0.1) is 0 Å². The predicted octanol–water partition coefficient (Wildman–Crippen LogP) is 33.2. The van der Waals surface area contributed by atoms with Crippen LogP contribution in [0.3, 0.4) is 0 Å². The Kier molecular flexibility index (Phi) is 25.3. The van der Waals surface area contributed by atoms with E-state index < -0.39 is 0 Å². The minimum Gasteiger partial charge on any atom is -0.143 e. The van der Waals surface area contributed by atoms with Crippen LogP contribution in [0.4, 0.5) is 0 Å². The Balaban J connectivity index is 0.759. The average Bonchev–Trinajstić information content (AvgIpc) is 1.64. The largest absolute Gasteiger partial charge is 0.143 e. The fraction of sp³-hybridized carbons (Fsp3) is 0.381. The Morgan fingerprint density at radius 3 is 0.784 bits per heavy atom. The van der Waals surface area contributed by atoms with Crippen molar-refractivity contribution in [2.24, 2.45) is 0 Å². The van der Waals surface area contributed by atoms with Gasteiger partial charge in [-0.3, -0.25) is 0 Å². The third-order valence-electron chi connectivity index (χ3n) is 18.5. The van der Waals surface area contributed by atoms with Gasteiger partial charge in [-0.2, -0.15) is 0 Å². The van der Waals surface area contributed by atoms with Gasteiger partial charge in [-0.25, -0.2) is 0 Å². The smallest absolute Gasteiger partial charge is 0.0481 e. The van der Waals surface area contributed by atoms with Crippen LogP contribution >= 0.6 is 147 Å². The van der Waals surface area contributed by atoms with Crippen LogP contribution in [0.25, 0.3) is 117 Å². The third kappa shape index (κ3) is 16.6. The summed E-state index contributed by atoms with van der Waals surface area (Å²) in [6.07, 6.45) is 28.7. The van der Waals surface area contributed by atoms with Crippen molar-refractivity contribution >= 4 is 147 Å². The number of hydrogen-bond acceptors (Lipinski definition) is 13. The zero-order valence-electron chi connectivity index (χ0n) is 57.8. The summed E-state index contributed by atoms with van der Waals surface area (Å²) in [6.45, 7) is 18.6. The van der Waals surface area contributed by atoms with Crippen LogP contribution in [-0.2, 0) is 51.4 Å². The van der Waals surface area contributed by atoms with Gasteiger partial charge in [0.2, 0.25) is 0 Å². The lowest BCUT2D eigenvalue weighted by molar-refractivity contribution is 0.796. The fourth-order valence-corrected chi connectivity index (χ4v) is 28.6. The molecule has 0 spiro atoms. The molecule has 0 aliphatic carbocycles. The Morgan fingerprint density at radius 2 is 0.443 bits per heavy atom. The van der Waals surface area contributed by atoms with Gasteiger partial charge in [0.05, 0.1) is 0 Å². The first kappa shape index (κ1) is 71.5. The SMILES string of the molecule is CCCCc1csc(-c2sc(-c3ccc(-c4ccc(-c5sc(-c6sc(-c7ccc(-c8sc(-c9sc(-c%10ccc(-c%11ccc(-c%12sc(-c%13sccc%13CCCC)cc%12CCCC)s%11)s%10)cc9CCCC)cc8CCCC)s7)cc6CCCC)cc5CCCC)s4)s3)cc2CCCC)c1. The summed E-state index contributed by atoms with van der Waals surface area (Å²) < 4.78 is 0. The standard InChI is InChI=1S/C84H92S13/c1-9-17-25-53-45-74(86-52-53)82-55(27-19-11-3)46-71(92-82)65-35-33-61(87-65)64-38-41-69(90-64)80-59(31-23-15-7)50-77(96-80)84-57(29-21-13-5)48-73(94-84)67-39-42-70(91-67)81-60(32-24-16-8)51-76(97-81)83-56(28-20-12-4)47-72(93-83)66-36-34-62(88-66)63-37-40-68(89-63)79-58(30-22-14-6)49-75(95-79)78-54(26-18-10-2)43-44-85-78/h33-52H,9-32H2,1-8H3. The van der Waals surface area contributed by atoms with E-state index in [1.54, 1.807) is 0 Å². The Labute approximate surface area is 631 Å². The normalized spacial score (nSPS) is 11.9. The number of rotatable bonds is 36. The molecule has 0 saturated heterocycles. The van der Waals surface area contributed by atoms with E-state index in [0.29, 0.717) is 0 Å². The molecule has 506 valence electrons. The van der Waals surface area contributed by atoms with Gasteiger partial charge in [0.1, 0.15) is 0 Å². The molecule has 0 unspecified atom stereocenters. The maximum Gasteiger partial charge on any atom is 0.0481 e. The third-order valence-corrected chi connectivity index (χ3v) is 35.1. The van der Waals surface area contributed by atoms with E-state index in [1.807, 2.05) is 125 Å². The Morgan fingerprint density at radius 1 is 0.196 bits per heavy atom. The van der Waals surface area contributed by atoms with Crippen molar-refractivity contribution in [2.75, 3.05) is 0 Å². The van der Waals surface area contributed by atoms with Gasteiger partial charge in [0.25, 0.3) is 0 Å². The minimum absolute atomic E-state index is 1.12. The van der Waals surface area contributed by atoms with Crippen molar-refractivity contribution in [1.29, 1.82) is 0 Å². The number of aryl methyl sites for hydroxylation is 8. The Hall–Kier alpha value is -3.90. The van der Waals surface area contributed by atoms with E-state index >= 15 is 0 Å². The second-order valence-corrected chi connectivity index (χ2v) is 39.6. The summed E-state index contributed by atoms with van der Waals surface area (Å²) in [6, 6.07) is 44.4. The predicted molar refractivity (Wildman–Crippen MR) is 453 cm³/mol. The Bertz CT molecular complexity index is 4620. The van der Waals surface area contributed by atoms with E-state index in [9.17, 15) is 0 Å². The van der Waals surface area contributed by atoms with E-state index in [4.69, 9.17) is 0 Å². The van der Waals surface area contributed by atoms with Gasteiger partial charge in [-0.15, -0.1) is 147 Å². The molecule has 0 bridgehead atoms. The first-order valence-corrected chi connectivity index (χ1v) is 46.9. The summed E-state index contributed by atoms with van der Waals surface area (Å²) in [5, 5.41) is 4.71. The molecule has 13 aromatic heterocycles. The second-order valence-electron chi connectivity index (χ2n) is 26.0. The molecule has 0 nitrogen and oxygen atoms in total. The summed E-state index contributed by atoms with van der Waals surface area (Å²) in [4.78, 5) is 34.5. The van der Waals surface area contributed by atoms with Gasteiger partial charge in [0, 0.05) is 117 Å². The number of unbranched alkanes of at least 4 members (excludes halogenated alkanes) is 8. The highest BCUT2D eigenvalue weighted by Gasteiger charge is 2.25. The van der Waals surface area contributed by atoms with E-state index in [-0.39, 0.29) is 0 Å². The van der Waals surface area contributed by atoms with Gasteiger partial charge in [-0.1, -0.05) is 107 Å². The molecule has 13 aromatic rings. The zero-order valence-corrected chi connectivity index (χ0v) is 68.4. The lowest BCUT2D eigenvalue weighted by atomic mass is 10.1. The van der Waals surface area contributed by atoms with Crippen molar-refractivity contribution in [1.82, 2.24) is 0 Å². The summed E-state index contributed by atoms with van der Waals surface area (Å²) >= 11 is 26.1. The molecule has 0 atom stereocenters. The topological polar surface area (TPSA) is 0 Å². The molecule has 0 fully saturated rings. The molecule has 13 heteroatoms. The first-order valence-electron chi connectivity index (χ1n) is 36.1. The molecule has 0 aromatic carbocycles. The van der Waals surface area contributed by atoms with Crippen molar-refractivity contribution in [3.8, 4) is 117 Å². The van der Waals surface area contributed by atoms with Crippen LogP contribution in [0.5, 0.6) is 0 Å². The van der Waals surface area contributed by atoms with E-state index in [1.165, 1.54) is 277 Å². The highest BCUT2D eigenvalue weighted by Crippen LogP contribution is 2.54. The molecule has 0 saturated carbocycles. The van der Waals surface area contributed by atoms with Crippen LogP contribution < -0.4 is 0 Å². The van der Waals surface area contributed by atoms with Gasteiger partial charge < -0.3 is 0 Å². The maximum atomic E-state index is 2.60. The van der Waals surface area contributed by atoms with Crippen molar-refractivity contribution in [3.63, 3.8) is 0 Å². The van der Waals surface area contributed by atoms with Crippen LogP contribution in [0.2, 0.25) is 0 Å². The van der Waals surface area contributed by atoms with E-state index in [2.05, 4.69) is 198 Å². The molecule has 0 radical (unpaired) electrons. The van der Waals surface area contributed by atoms with Crippen molar-refractivity contribution < 1.29 is 0 Å². The highest BCUT2D eigenvalue weighted by molar-refractivity contribution is 7.33. The lowest BCUT2D eigenvalue weighted by Gasteiger charge is -2.00. The van der Waals surface area contributed by atoms with Crippen LogP contribution in [0.15, 0.2) is 120 Å². The molecule has 0 N–H and O–H groups in total. The quantitative estimate of drug-likeness (QED) is 0.0367. The van der Waals surface area contributed by atoms with E-state index in [0.717, 1.165) is 38.5 Å². The molecule has 13 rings (SSSR count). The average molecular weight is 1520 g/mol. The summed E-state index contributed by atoms with van der Waals surface area (Å²) in [5.41, 5.74) is 12.2. The monoisotopic (exact) mass is 1520 g/mol. The fourth-order valence-electron chi connectivity index (χ4n) is 12.9. The molecule has 0 amide bonds. The first-order chi connectivity index (χ1) is 47.7. The zero-order chi connectivity index (χ0) is 66.8. The minimum atomic E-state index is 1.12.